The lowest BCUT2D eigenvalue weighted by molar-refractivity contribution is -0.112. The molecule has 4 rings (SSSR count). The number of hydrogen-bond donors (Lipinski definition) is 1. The Hall–Kier alpha value is -4.14. The Morgan fingerprint density at radius 3 is 2.58 bits per heavy atom. The molecule has 4 nitrogen and oxygen atoms in total. The van der Waals surface area contributed by atoms with Crippen LogP contribution in [0.1, 0.15) is 11.1 Å². The summed E-state index contributed by atoms with van der Waals surface area (Å²) < 4.78 is 19.5. The molecule has 0 aliphatic heterocycles. The van der Waals surface area contributed by atoms with Gasteiger partial charge in [-0.15, -0.1) is 0 Å². The molecule has 0 saturated heterocycles. The molecular weight excluding hydrogens is 439 g/mol. The van der Waals surface area contributed by atoms with Crippen molar-refractivity contribution in [1.29, 1.82) is 5.26 Å². The van der Waals surface area contributed by atoms with Crippen LogP contribution in [0, 0.1) is 17.1 Å². The van der Waals surface area contributed by atoms with Crippen LogP contribution in [0.3, 0.4) is 0 Å². The fourth-order valence-electron chi connectivity index (χ4n) is 3.36. The van der Waals surface area contributed by atoms with Gasteiger partial charge in [-0.1, -0.05) is 54.1 Å². The van der Waals surface area contributed by atoms with Crippen molar-refractivity contribution in [2.45, 2.75) is 6.61 Å². The Bertz CT molecular complexity index is 1390. The number of amides is 1. The number of anilines is 1. The van der Waals surface area contributed by atoms with Gasteiger partial charge in [-0.2, -0.15) is 5.26 Å². The van der Waals surface area contributed by atoms with Gasteiger partial charge in [-0.05, 0) is 64.9 Å². The lowest BCUT2D eigenvalue weighted by Gasteiger charge is -2.13. The van der Waals surface area contributed by atoms with Crippen LogP contribution >= 0.6 is 11.6 Å². The third kappa shape index (κ3) is 5.38. The van der Waals surface area contributed by atoms with Gasteiger partial charge in [-0.3, -0.25) is 4.79 Å². The van der Waals surface area contributed by atoms with Gasteiger partial charge in [0.05, 0.1) is 0 Å². The molecule has 6 heteroatoms. The zero-order chi connectivity index (χ0) is 23.2. The van der Waals surface area contributed by atoms with Gasteiger partial charge >= 0.3 is 0 Å². The smallest absolute Gasteiger partial charge is 0.266 e. The van der Waals surface area contributed by atoms with E-state index in [0.29, 0.717) is 27.6 Å². The predicted octanol–water partition coefficient (Wildman–Crippen LogP) is 6.76. The zero-order valence-corrected chi connectivity index (χ0v) is 18.1. The van der Waals surface area contributed by atoms with E-state index in [0.717, 1.165) is 10.8 Å². The summed E-state index contributed by atoms with van der Waals surface area (Å²) in [6.45, 7) is 0.135. The number of benzene rings is 4. The maximum Gasteiger partial charge on any atom is 0.266 e. The van der Waals surface area contributed by atoms with Crippen LogP contribution < -0.4 is 10.1 Å². The van der Waals surface area contributed by atoms with Crippen LogP contribution in [0.15, 0.2) is 90.5 Å². The second-order valence-corrected chi connectivity index (χ2v) is 7.68. The van der Waals surface area contributed by atoms with Crippen molar-refractivity contribution in [3.63, 3.8) is 0 Å². The molecule has 1 N–H and O–H groups in total. The lowest BCUT2D eigenvalue weighted by Crippen LogP contribution is -2.13. The quantitative estimate of drug-likeness (QED) is 0.257. The van der Waals surface area contributed by atoms with Gasteiger partial charge in [0.1, 0.15) is 29.8 Å². The summed E-state index contributed by atoms with van der Waals surface area (Å²) in [5.74, 6) is -0.422. The minimum absolute atomic E-state index is 0.0862. The molecule has 1 amide bonds. The van der Waals surface area contributed by atoms with Crippen LogP contribution in [0.5, 0.6) is 5.75 Å². The number of halogens is 2. The second-order valence-electron chi connectivity index (χ2n) is 7.25. The highest BCUT2D eigenvalue weighted by atomic mass is 35.5. The first-order chi connectivity index (χ1) is 16.0. The molecule has 0 atom stereocenters. The van der Waals surface area contributed by atoms with Gasteiger partial charge in [0, 0.05) is 16.3 Å². The van der Waals surface area contributed by atoms with Gasteiger partial charge in [-0.25, -0.2) is 4.39 Å². The highest BCUT2D eigenvalue weighted by molar-refractivity contribution is 6.30. The third-order valence-electron chi connectivity index (χ3n) is 4.97. The number of nitrogens with one attached hydrogen (secondary N) is 1. The Labute approximate surface area is 195 Å². The molecule has 33 heavy (non-hydrogen) atoms. The monoisotopic (exact) mass is 456 g/mol. The number of hydrogen-bond acceptors (Lipinski definition) is 3. The van der Waals surface area contributed by atoms with E-state index >= 15 is 0 Å². The van der Waals surface area contributed by atoms with E-state index < -0.39 is 5.91 Å². The standard InChI is InChI=1S/C27H18ClFN2O2/c28-21-9-11-23(12-10-21)31-27(32)20(16-30)15-25-24-7-2-1-5-19(24)8-13-26(25)33-17-18-4-3-6-22(29)14-18/h1-15H,17H2,(H,31,32)/b20-15+. The first-order valence-corrected chi connectivity index (χ1v) is 10.5. The second kappa shape index (κ2) is 9.99. The molecule has 0 bridgehead atoms. The first kappa shape index (κ1) is 22.1. The summed E-state index contributed by atoms with van der Waals surface area (Å²) in [6, 6.07) is 26.0. The minimum atomic E-state index is -0.552. The normalized spacial score (nSPS) is 11.1. The molecule has 0 unspecified atom stereocenters. The maximum atomic E-state index is 13.5. The topological polar surface area (TPSA) is 62.1 Å². The average Bonchev–Trinajstić information content (AvgIpc) is 2.83. The van der Waals surface area contributed by atoms with Gasteiger partial charge < -0.3 is 10.1 Å². The molecule has 4 aromatic carbocycles. The average molecular weight is 457 g/mol. The van der Waals surface area contributed by atoms with Crippen molar-refractivity contribution in [3.8, 4) is 11.8 Å². The van der Waals surface area contributed by atoms with Crippen molar-refractivity contribution >= 4 is 40.0 Å². The lowest BCUT2D eigenvalue weighted by atomic mass is 10.0. The van der Waals surface area contributed by atoms with E-state index in [1.807, 2.05) is 36.4 Å². The molecular formula is C27H18ClFN2O2. The number of nitriles is 1. The summed E-state index contributed by atoms with van der Waals surface area (Å²) in [5.41, 5.74) is 1.69. The molecule has 0 heterocycles. The highest BCUT2D eigenvalue weighted by Gasteiger charge is 2.14. The Morgan fingerprint density at radius 2 is 1.82 bits per heavy atom. The molecule has 0 aromatic heterocycles. The van der Waals surface area contributed by atoms with E-state index in [9.17, 15) is 14.4 Å². The Morgan fingerprint density at radius 1 is 1.03 bits per heavy atom. The van der Waals surface area contributed by atoms with Gasteiger partial charge in [0.25, 0.3) is 5.91 Å². The molecule has 162 valence electrons. The van der Waals surface area contributed by atoms with Crippen LogP contribution in [-0.2, 0) is 11.4 Å². The van der Waals surface area contributed by atoms with E-state index in [1.54, 1.807) is 42.5 Å². The van der Waals surface area contributed by atoms with Gasteiger partial charge in [0.15, 0.2) is 0 Å². The van der Waals surface area contributed by atoms with Crippen molar-refractivity contribution < 1.29 is 13.9 Å². The number of carbonyl (C=O) groups excluding carboxylic acids is 1. The summed E-state index contributed by atoms with van der Waals surface area (Å²) >= 11 is 5.89. The van der Waals surface area contributed by atoms with E-state index in [-0.39, 0.29) is 18.0 Å². The van der Waals surface area contributed by atoms with Crippen molar-refractivity contribution in [2.24, 2.45) is 0 Å². The molecule has 0 fully saturated rings. The maximum absolute atomic E-state index is 13.5. The van der Waals surface area contributed by atoms with Crippen molar-refractivity contribution in [1.82, 2.24) is 0 Å². The number of carbonyl (C=O) groups is 1. The van der Waals surface area contributed by atoms with Crippen molar-refractivity contribution in [2.75, 3.05) is 5.32 Å². The van der Waals surface area contributed by atoms with E-state index in [2.05, 4.69) is 5.32 Å². The molecule has 0 aliphatic rings. The third-order valence-corrected chi connectivity index (χ3v) is 5.22. The number of rotatable bonds is 6. The summed E-state index contributed by atoms with van der Waals surface area (Å²) in [6.07, 6.45) is 1.51. The van der Waals surface area contributed by atoms with E-state index in [4.69, 9.17) is 16.3 Å². The summed E-state index contributed by atoms with van der Waals surface area (Å²) in [5, 5.41) is 14.7. The Balaban J connectivity index is 1.69. The number of nitrogens with zero attached hydrogens (tertiary/aromatic N) is 1. The highest BCUT2D eigenvalue weighted by Crippen LogP contribution is 2.31. The number of fused-ring (bicyclic) bond motifs is 1. The predicted molar refractivity (Wildman–Crippen MR) is 128 cm³/mol. The fourth-order valence-corrected chi connectivity index (χ4v) is 3.49. The zero-order valence-electron chi connectivity index (χ0n) is 17.4. The summed E-state index contributed by atoms with van der Waals surface area (Å²) in [7, 11) is 0. The molecule has 0 spiro atoms. The van der Waals surface area contributed by atoms with Crippen LogP contribution in [0.25, 0.3) is 16.8 Å². The van der Waals surface area contributed by atoms with Crippen molar-refractivity contribution in [3.05, 3.63) is 112 Å². The van der Waals surface area contributed by atoms with Crippen LogP contribution in [0.2, 0.25) is 5.02 Å². The largest absolute Gasteiger partial charge is 0.488 e. The number of ether oxygens (including phenoxy) is 1. The summed E-state index contributed by atoms with van der Waals surface area (Å²) in [4.78, 5) is 12.8. The van der Waals surface area contributed by atoms with Gasteiger partial charge in [0.2, 0.25) is 0 Å². The molecule has 4 aromatic rings. The molecule has 0 aliphatic carbocycles. The minimum Gasteiger partial charge on any atom is -0.488 e. The van der Waals surface area contributed by atoms with Crippen LogP contribution in [-0.4, -0.2) is 5.91 Å². The van der Waals surface area contributed by atoms with Crippen LogP contribution in [0.4, 0.5) is 10.1 Å². The Kier molecular flexibility index (Phi) is 6.68. The SMILES string of the molecule is N#C/C(=C\c1c(OCc2cccc(F)c2)ccc2ccccc12)C(=O)Nc1ccc(Cl)cc1. The van der Waals surface area contributed by atoms with E-state index in [1.165, 1.54) is 18.2 Å². The molecule has 0 radical (unpaired) electrons. The first-order valence-electron chi connectivity index (χ1n) is 10.1. The fraction of sp³-hybridized carbons (Fsp3) is 0.0370. The molecule has 0 saturated carbocycles.